The normalized spacial score (nSPS) is 19.9. The van der Waals surface area contributed by atoms with Crippen LogP contribution in [0.2, 0.25) is 0 Å². The molecule has 0 saturated carbocycles. The van der Waals surface area contributed by atoms with Crippen LogP contribution >= 0.6 is 23.1 Å². The molecular weight excluding hydrogens is 286 g/mol. The van der Waals surface area contributed by atoms with Crippen LogP contribution in [0.1, 0.15) is 45.9 Å². The van der Waals surface area contributed by atoms with Crippen molar-refractivity contribution in [1.29, 1.82) is 0 Å². The molecule has 1 aromatic heterocycles. The summed E-state index contributed by atoms with van der Waals surface area (Å²) in [4.78, 5) is 8.40. The standard InChI is InChI=1S/C15H27N3S2/c1-14(2,3)17-11-12-10-16-13(20-12)18-7-6-15(4,5)19-9-8-18/h10,17H,6-9,11H2,1-5H3. The number of hydrogen-bond donors (Lipinski definition) is 1. The van der Waals surface area contributed by atoms with Crippen LogP contribution in [0.15, 0.2) is 6.20 Å². The molecule has 0 bridgehead atoms. The van der Waals surface area contributed by atoms with Gasteiger partial charge in [0, 0.05) is 46.7 Å². The van der Waals surface area contributed by atoms with E-state index in [4.69, 9.17) is 0 Å². The lowest BCUT2D eigenvalue weighted by Gasteiger charge is -2.22. The van der Waals surface area contributed by atoms with Crippen LogP contribution in [0.3, 0.4) is 0 Å². The van der Waals surface area contributed by atoms with Gasteiger partial charge in [-0.05, 0) is 27.2 Å². The first-order chi connectivity index (χ1) is 9.25. The van der Waals surface area contributed by atoms with Crippen molar-refractivity contribution < 1.29 is 0 Å². The molecule has 1 aliphatic heterocycles. The molecule has 0 aromatic carbocycles. The van der Waals surface area contributed by atoms with E-state index in [9.17, 15) is 0 Å². The molecule has 20 heavy (non-hydrogen) atoms. The highest BCUT2D eigenvalue weighted by Crippen LogP contribution is 2.33. The molecule has 0 atom stereocenters. The van der Waals surface area contributed by atoms with Crippen LogP contribution in [0.5, 0.6) is 0 Å². The maximum atomic E-state index is 4.63. The minimum atomic E-state index is 0.160. The summed E-state index contributed by atoms with van der Waals surface area (Å²) in [5.41, 5.74) is 0.160. The van der Waals surface area contributed by atoms with Crippen LogP contribution in [-0.4, -0.2) is 34.1 Å². The smallest absolute Gasteiger partial charge is 0.185 e. The zero-order valence-corrected chi connectivity index (χ0v) is 15.0. The highest BCUT2D eigenvalue weighted by molar-refractivity contribution is 8.00. The third-order valence-electron chi connectivity index (χ3n) is 3.44. The first kappa shape index (κ1) is 16.1. The third-order valence-corrected chi connectivity index (χ3v) is 5.87. The molecule has 1 aromatic rings. The number of aromatic nitrogens is 1. The second-order valence-corrected chi connectivity index (χ2v) is 9.95. The molecule has 0 aliphatic carbocycles. The molecular formula is C15H27N3S2. The Kier molecular flexibility index (Phi) is 5.03. The fourth-order valence-electron chi connectivity index (χ4n) is 2.09. The summed E-state index contributed by atoms with van der Waals surface area (Å²) in [7, 11) is 0. The van der Waals surface area contributed by atoms with Crippen LogP contribution < -0.4 is 10.2 Å². The lowest BCUT2D eigenvalue weighted by molar-refractivity contribution is 0.426. The molecule has 5 heteroatoms. The lowest BCUT2D eigenvalue weighted by Crippen LogP contribution is -2.34. The predicted molar refractivity (Wildman–Crippen MR) is 92.1 cm³/mol. The van der Waals surface area contributed by atoms with Crippen molar-refractivity contribution in [2.24, 2.45) is 0 Å². The van der Waals surface area contributed by atoms with Crippen LogP contribution in [0.25, 0.3) is 0 Å². The van der Waals surface area contributed by atoms with Gasteiger partial charge < -0.3 is 10.2 Å². The number of hydrogen-bond acceptors (Lipinski definition) is 5. The van der Waals surface area contributed by atoms with Gasteiger partial charge in [-0.15, -0.1) is 11.3 Å². The SMILES string of the molecule is CC(C)(C)NCc1cnc(N2CCSC(C)(C)CC2)s1. The average Bonchev–Trinajstić information content (AvgIpc) is 2.71. The van der Waals surface area contributed by atoms with Crippen molar-refractivity contribution >= 4 is 28.2 Å². The minimum absolute atomic E-state index is 0.160. The zero-order chi connectivity index (χ0) is 14.8. The molecule has 2 heterocycles. The Hall–Kier alpha value is -0.260. The molecule has 0 radical (unpaired) electrons. The zero-order valence-electron chi connectivity index (χ0n) is 13.3. The van der Waals surface area contributed by atoms with Crippen molar-refractivity contribution in [1.82, 2.24) is 10.3 Å². The molecule has 0 amide bonds. The van der Waals surface area contributed by atoms with Crippen LogP contribution in [0.4, 0.5) is 5.13 Å². The second-order valence-electron chi connectivity index (χ2n) is 7.06. The second kappa shape index (κ2) is 6.24. The van der Waals surface area contributed by atoms with Crippen LogP contribution in [0, 0.1) is 0 Å². The van der Waals surface area contributed by atoms with E-state index in [1.807, 2.05) is 17.5 Å². The number of rotatable bonds is 3. The van der Waals surface area contributed by atoms with Gasteiger partial charge in [-0.25, -0.2) is 4.98 Å². The molecule has 1 N–H and O–H groups in total. The summed E-state index contributed by atoms with van der Waals surface area (Å²) in [6, 6.07) is 0. The van der Waals surface area contributed by atoms with E-state index in [1.165, 1.54) is 22.2 Å². The van der Waals surface area contributed by atoms with Crippen molar-refractivity contribution in [2.45, 2.75) is 57.9 Å². The highest BCUT2D eigenvalue weighted by atomic mass is 32.2. The maximum absolute atomic E-state index is 4.63. The monoisotopic (exact) mass is 313 g/mol. The minimum Gasteiger partial charge on any atom is -0.347 e. The number of anilines is 1. The maximum Gasteiger partial charge on any atom is 0.185 e. The Bertz CT molecular complexity index is 435. The summed E-state index contributed by atoms with van der Waals surface area (Å²) in [6.07, 6.45) is 3.26. The third kappa shape index (κ3) is 4.93. The van der Waals surface area contributed by atoms with Gasteiger partial charge in [-0.2, -0.15) is 11.8 Å². The fraction of sp³-hybridized carbons (Fsp3) is 0.800. The van der Waals surface area contributed by atoms with Gasteiger partial charge in [-0.1, -0.05) is 13.8 Å². The fourth-order valence-corrected chi connectivity index (χ4v) is 4.09. The van der Waals surface area contributed by atoms with E-state index in [0.29, 0.717) is 4.75 Å². The van der Waals surface area contributed by atoms with Gasteiger partial charge >= 0.3 is 0 Å². The van der Waals surface area contributed by atoms with Gasteiger partial charge in [-0.3, -0.25) is 0 Å². The Morgan fingerprint density at radius 2 is 2.10 bits per heavy atom. The number of thioether (sulfide) groups is 1. The molecule has 0 spiro atoms. The number of thiazole rings is 1. The molecule has 1 fully saturated rings. The van der Waals surface area contributed by atoms with Gasteiger partial charge in [0.2, 0.25) is 0 Å². The number of nitrogens with zero attached hydrogens (tertiary/aromatic N) is 2. The van der Waals surface area contributed by atoms with E-state index in [0.717, 1.165) is 19.6 Å². The first-order valence-electron chi connectivity index (χ1n) is 7.34. The number of nitrogens with one attached hydrogen (secondary N) is 1. The summed E-state index contributed by atoms with van der Waals surface area (Å²) >= 11 is 3.92. The molecule has 1 aliphatic rings. The molecule has 2 rings (SSSR count). The molecule has 0 unspecified atom stereocenters. The van der Waals surface area contributed by atoms with Gasteiger partial charge in [0.1, 0.15) is 0 Å². The largest absolute Gasteiger partial charge is 0.347 e. The quantitative estimate of drug-likeness (QED) is 0.920. The van der Waals surface area contributed by atoms with E-state index in [1.54, 1.807) is 0 Å². The van der Waals surface area contributed by atoms with Crippen molar-refractivity contribution in [3.63, 3.8) is 0 Å². The Morgan fingerprint density at radius 3 is 2.80 bits per heavy atom. The van der Waals surface area contributed by atoms with Crippen molar-refractivity contribution in [3.05, 3.63) is 11.1 Å². The Labute approximate surface area is 131 Å². The van der Waals surface area contributed by atoms with Crippen molar-refractivity contribution in [2.75, 3.05) is 23.7 Å². The summed E-state index contributed by atoms with van der Waals surface area (Å²) < 4.78 is 0.405. The summed E-state index contributed by atoms with van der Waals surface area (Å²) in [6.45, 7) is 14.4. The van der Waals surface area contributed by atoms with Gasteiger partial charge in [0.25, 0.3) is 0 Å². The average molecular weight is 314 g/mol. The first-order valence-corrected chi connectivity index (χ1v) is 9.14. The highest BCUT2D eigenvalue weighted by Gasteiger charge is 2.24. The lowest BCUT2D eigenvalue weighted by atomic mass is 10.1. The Morgan fingerprint density at radius 1 is 1.35 bits per heavy atom. The van der Waals surface area contributed by atoms with E-state index in [-0.39, 0.29) is 5.54 Å². The molecule has 3 nitrogen and oxygen atoms in total. The molecule has 1 saturated heterocycles. The van der Waals surface area contributed by atoms with E-state index < -0.39 is 0 Å². The van der Waals surface area contributed by atoms with Crippen molar-refractivity contribution in [3.8, 4) is 0 Å². The Balaban J connectivity index is 1.95. The summed E-state index contributed by atoms with van der Waals surface area (Å²) in [5.74, 6) is 1.20. The topological polar surface area (TPSA) is 28.2 Å². The summed E-state index contributed by atoms with van der Waals surface area (Å²) in [5, 5.41) is 4.72. The van der Waals surface area contributed by atoms with Gasteiger partial charge in [0.05, 0.1) is 0 Å². The molecule has 114 valence electrons. The van der Waals surface area contributed by atoms with E-state index >= 15 is 0 Å². The van der Waals surface area contributed by atoms with Gasteiger partial charge in [0.15, 0.2) is 5.13 Å². The predicted octanol–water partition coefficient (Wildman–Crippen LogP) is 3.75. The van der Waals surface area contributed by atoms with E-state index in [2.05, 4.69) is 61.6 Å². The van der Waals surface area contributed by atoms with Crippen LogP contribution in [-0.2, 0) is 6.54 Å².